The van der Waals surface area contributed by atoms with Gasteiger partial charge in [-0.15, -0.1) is 0 Å². The predicted molar refractivity (Wildman–Crippen MR) is 101 cm³/mol. The van der Waals surface area contributed by atoms with E-state index in [9.17, 15) is 9.59 Å². The normalized spacial score (nSPS) is 9.85. The van der Waals surface area contributed by atoms with Crippen LogP contribution in [0.25, 0.3) is 0 Å². The molecule has 0 aliphatic heterocycles. The highest BCUT2D eigenvalue weighted by atomic mass is 16.5. The van der Waals surface area contributed by atoms with Gasteiger partial charge in [0.2, 0.25) is 5.91 Å². The second kappa shape index (κ2) is 9.25. The third-order valence-electron chi connectivity index (χ3n) is 3.96. The zero-order chi connectivity index (χ0) is 19.8. The van der Waals surface area contributed by atoms with Crippen LogP contribution in [0, 0.1) is 11.3 Å². The molecule has 1 N–H and O–H groups in total. The number of methoxy groups -OCH3 is 2. The molecule has 0 heterocycles. The van der Waals surface area contributed by atoms with Gasteiger partial charge in [-0.05, 0) is 36.4 Å². The second-order valence-corrected chi connectivity index (χ2v) is 5.62. The van der Waals surface area contributed by atoms with E-state index in [4.69, 9.17) is 14.7 Å². The van der Waals surface area contributed by atoms with Gasteiger partial charge in [-0.2, -0.15) is 5.26 Å². The van der Waals surface area contributed by atoms with E-state index in [0.29, 0.717) is 28.3 Å². The van der Waals surface area contributed by atoms with Gasteiger partial charge in [0.25, 0.3) is 5.91 Å². The van der Waals surface area contributed by atoms with Gasteiger partial charge in [-0.3, -0.25) is 9.59 Å². The standard InChI is InChI=1S/C20H21N3O4/c1-14(24)23(16-9-7-15(13-21)8-10-16)12-11-22-20(25)19-17(26-2)5-4-6-18(19)27-3/h4-10H,11-12H2,1-3H3,(H,22,25). The van der Waals surface area contributed by atoms with Crippen molar-refractivity contribution in [3.05, 3.63) is 53.6 Å². The number of benzene rings is 2. The third-order valence-corrected chi connectivity index (χ3v) is 3.96. The Bertz CT molecular complexity index is 834. The SMILES string of the molecule is COc1cccc(OC)c1C(=O)NCCN(C(C)=O)c1ccc(C#N)cc1. The van der Waals surface area contributed by atoms with Gasteiger partial charge in [-0.25, -0.2) is 0 Å². The van der Waals surface area contributed by atoms with Gasteiger partial charge < -0.3 is 19.7 Å². The van der Waals surface area contributed by atoms with Crippen LogP contribution in [-0.2, 0) is 4.79 Å². The highest BCUT2D eigenvalue weighted by Gasteiger charge is 2.18. The van der Waals surface area contributed by atoms with Gasteiger partial charge >= 0.3 is 0 Å². The van der Waals surface area contributed by atoms with Crippen LogP contribution in [0.4, 0.5) is 5.69 Å². The average molecular weight is 367 g/mol. The summed E-state index contributed by atoms with van der Waals surface area (Å²) in [4.78, 5) is 26.0. The van der Waals surface area contributed by atoms with E-state index in [0.717, 1.165) is 0 Å². The molecule has 0 unspecified atom stereocenters. The van der Waals surface area contributed by atoms with Crippen molar-refractivity contribution in [1.82, 2.24) is 5.32 Å². The lowest BCUT2D eigenvalue weighted by atomic mass is 10.1. The number of nitrogens with one attached hydrogen (secondary N) is 1. The molecule has 0 radical (unpaired) electrons. The van der Waals surface area contributed by atoms with E-state index in [1.807, 2.05) is 6.07 Å². The molecule has 2 amide bonds. The Balaban J connectivity index is 2.08. The largest absolute Gasteiger partial charge is 0.496 e. The minimum atomic E-state index is -0.354. The zero-order valence-corrected chi connectivity index (χ0v) is 15.5. The fraction of sp³-hybridized carbons (Fsp3) is 0.250. The van der Waals surface area contributed by atoms with Crippen LogP contribution < -0.4 is 19.7 Å². The number of hydrogen-bond donors (Lipinski definition) is 1. The summed E-state index contributed by atoms with van der Waals surface area (Å²) in [6.45, 7) is 1.97. The number of carbonyl (C=O) groups is 2. The first-order chi connectivity index (χ1) is 13.0. The summed E-state index contributed by atoms with van der Waals surface area (Å²) in [6.07, 6.45) is 0. The summed E-state index contributed by atoms with van der Waals surface area (Å²) in [6, 6.07) is 13.8. The van der Waals surface area contributed by atoms with Crippen molar-refractivity contribution < 1.29 is 19.1 Å². The fourth-order valence-corrected chi connectivity index (χ4v) is 2.63. The number of amides is 2. The van der Waals surface area contributed by atoms with Crippen LogP contribution in [0.5, 0.6) is 11.5 Å². The molecule has 0 saturated heterocycles. The summed E-state index contributed by atoms with van der Waals surface area (Å²) in [5.41, 5.74) is 1.47. The van der Waals surface area contributed by atoms with E-state index in [2.05, 4.69) is 5.32 Å². The third kappa shape index (κ3) is 4.76. The lowest BCUT2D eigenvalue weighted by Gasteiger charge is -2.21. The van der Waals surface area contributed by atoms with Crippen LogP contribution in [0.3, 0.4) is 0 Å². The summed E-state index contributed by atoms with van der Waals surface area (Å²) in [5.74, 6) is 0.293. The van der Waals surface area contributed by atoms with Gasteiger partial charge in [-0.1, -0.05) is 6.07 Å². The molecule has 7 heteroatoms. The quantitative estimate of drug-likeness (QED) is 0.811. The Morgan fingerprint density at radius 1 is 1.07 bits per heavy atom. The molecule has 0 spiro atoms. The van der Waals surface area contributed by atoms with Crippen molar-refractivity contribution in [3.63, 3.8) is 0 Å². The van der Waals surface area contributed by atoms with E-state index >= 15 is 0 Å². The topological polar surface area (TPSA) is 91.7 Å². The summed E-state index contributed by atoms with van der Waals surface area (Å²) in [5, 5.41) is 11.7. The Kier molecular flexibility index (Phi) is 6.78. The number of hydrogen-bond acceptors (Lipinski definition) is 5. The summed E-state index contributed by atoms with van der Waals surface area (Å²) < 4.78 is 10.5. The molecule has 0 aliphatic rings. The van der Waals surface area contributed by atoms with Crippen LogP contribution in [-0.4, -0.2) is 39.1 Å². The smallest absolute Gasteiger partial charge is 0.258 e. The van der Waals surface area contributed by atoms with Crippen LogP contribution in [0.15, 0.2) is 42.5 Å². The number of nitriles is 1. The van der Waals surface area contributed by atoms with Gasteiger partial charge in [0.15, 0.2) is 0 Å². The number of carbonyl (C=O) groups excluding carboxylic acids is 2. The van der Waals surface area contributed by atoms with Gasteiger partial charge in [0.1, 0.15) is 17.1 Å². The monoisotopic (exact) mass is 367 g/mol. The minimum absolute atomic E-state index is 0.163. The van der Waals surface area contributed by atoms with Crippen LogP contribution in [0.2, 0.25) is 0 Å². The molecule has 0 aromatic heterocycles. The lowest BCUT2D eigenvalue weighted by molar-refractivity contribution is -0.116. The van der Waals surface area contributed by atoms with Gasteiger partial charge in [0, 0.05) is 25.7 Å². The highest BCUT2D eigenvalue weighted by molar-refractivity contribution is 6.00. The molecule has 140 valence electrons. The maximum atomic E-state index is 12.6. The van der Waals surface area contributed by atoms with Crippen LogP contribution >= 0.6 is 0 Å². The predicted octanol–water partition coefficient (Wildman–Crippen LogP) is 2.36. The lowest BCUT2D eigenvalue weighted by Crippen LogP contribution is -2.37. The molecule has 2 aromatic rings. The van der Waals surface area contributed by atoms with Crippen molar-refractivity contribution in [1.29, 1.82) is 5.26 Å². The zero-order valence-electron chi connectivity index (χ0n) is 15.5. The molecule has 2 aromatic carbocycles. The van der Waals surface area contributed by atoms with Crippen LogP contribution in [0.1, 0.15) is 22.8 Å². The maximum absolute atomic E-state index is 12.6. The number of rotatable bonds is 7. The number of nitrogens with zero attached hydrogens (tertiary/aromatic N) is 2. The van der Waals surface area contributed by atoms with Crippen molar-refractivity contribution in [2.24, 2.45) is 0 Å². The van der Waals surface area contributed by atoms with Crippen molar-refractivity contribution in [2.75, 3.05) is 32.2 Å². The molecule has 0 fully saturated rings. The van der Waals surface area contributed by atoms with Crippen molar-refractivity contribution in [2.45, 2.75) is 6.92 Å². The van der Waals surface area contributed by atoms with Crippen molar-refractivity contribution >= 4 is 17.5 Å². The highest BCUT2D eigenvalue weighted by Crippen LogP contribution is 2.27. The van der Waals surface area contributed by atoms with Gasteiger partial charge in [0.05, 0.1) is 25.9 Å². The first kappa shape index (κ1) is 19.8. The Labute approximate surface area is 158 Å². The van der Waals surface area contributed by atoms with Crippen molar-refractivity contribution in [3.8, 4) is 17.6 Å². The molecule has 0 bridgehead atoms. The maximum Gasteiger partial charge on any atom is 0.258 e. The summed E-state index contributed by atoms with van der Waals surface area (Å²) in [7, 11) is 2.96. The molecular weight excluding hydrogens is 346 g/mol. The first-order valence-electron chi connectivity index (χ1n) is 8.29. The van der Waals surface area contributed by atoms with E-state index in [1.54, 1.807) is 42.5 Å². The molecule has 0 saturated carbocycles. The molecule has 7 nitrogen and oxygen atoms in total. The first-order valence-corrected chi connectivity index (χ1v) is 8.29. The Morgan fingerprint density at radius 2 is 1.67 bits per heavy atom. The Hall–Kier alpha value is -3.53. The van der Waals surface area contributed by atoms with E-state index in [1.165, 1.54) is 26.0 Å². The number of ether oxygens (including phenoxy) is 2. The van der Waals surface area contributed by atoms with E-state index < -0.39 is 0 Å². The average Bonchev–Trinajstić information content (AvgIpc) is 2.70. The molecule has 2 rings (SSSR count). The second-order valence-electron chi connectivity index (χ2n) is 5.62. The summed E-state index contributed by atoms with van der Waals surface area (Å²) >= 11 is 0. The fourth-order valence-electron chi connectivity index (χ4n) is 2.63. The number of anilines is 1. The minimum Gasteiger partial charge on any atom is -0.496 e. The van der Waals surface area contributed by atoms with E-state index in [-0.39, 0.29) is 24.9 Å². The molecule has 0 atom stereocenters. The Morgan fingerprint density at radius 3 is 2.15 bits per heavy atom. The molecular formula is C20H21N3O4. The molecule has 0 aliphatic carbocycles. The molecule has 27 heavy (non-hydrogen) atoms.